The maximum absolute atomic E-state index is 12.9. The van der Waals surface area contributed by atoms with Crippen LogP contribution in [0.5, 0.6) is 0 Å². The van der Waals surface area contributed by atoms with Crippen LogP contribution >= 0.6 is 0 Å². The number of halogens is 1. The first-order chi connectivity index (χ1) is 11.4. The minimum absolute atomic E-state index is 0.144. The Labute approximate surface area is 140 Å². The van der Waals surface area contributed by atoms with Gasteiger partial charge in [-0.1, -0.05) is 18.2 Å². The van der Waals surface area contributed by atoms with Crippen molar-refractivity contribution >= 4 is 11.8 Å². The van der Waals surface area contributed by atoms with Crippen molar-refractivity contribution < 1.29 is 14.0 Å². The van der Waals surface area contributed by atoms with Gasteiger partial charge in [0, 0.05) is 18.4 Å². The summed E-state index contributed by atoms with van der Waals surface area (Å²) in [6, 6.07) is 9.54. The number of carbonyl (C=O) groups excluding carboxylic acids is 2. The lowest BCUT2D eigenvalue weighted by molar-refractivity contribution is -0.123. The van der Waals surface area contributed by atoms with Crippen LogP contribution in [0.4, 0.5) is 4.39 Å². The van der Waals surface area contributed by atoms with E-state index in [1.807, 2.05) is 19.1 Å². The maximum Gasteiger partial charge on any atom is 0.224 e. The zero-order valence-corrected chi connectivity index (χ0v) is 13.5. The largest absolute Gasteiger partial charge is 0.369 e. The van der Waals surface area contributed by atoms with Crippen LogP contribution in [0.3, 0.4) is 0 Å². The van der Waals surface area contributed by atoms with Crippen molar-refractivity contribution in [3.63, 3.8) is 0 Å². The van der Waals surface area contributed by atoms with E-state index < -0.39 is 11.8 Å². The van der Waals surface area contributed by atoms with Crippen LogP contribution < -0.4 is 11.1 Å². The van der Waals surface area contributed by atoms with E-state index in [1.165, 1.54) is 12.1 Å². The molecule has 0 aliphatic carbocycles. The maximum atomic E-state index is 12.9. The molecule has 0 fully saturated rings. The second kappa shape index (κ2) is 8.19. The van der Waals surface area contributed by atoms with Crippen LogP contribution in [-0.2, 0) is 22.4 Å². The van der Waals surface area contributed by atoms with Crippen LogP contribution in [0.2, 0.25) is 0 Å². The molecular formula is C18H20FN3O2. The molecule has 0 unspecified atom stereocenters. The number of nitrogens with zero attached hydrogens (tertiary/aromatic N) is 1. The minimum atomic E-state index is -0.546. The number of aryl methyl sites for hydroxylation is 1. The van der Waals surface area contributed by atoms with Crippen molar-refractivity contribution in [2.45, 2.75) is 19.8 Å². The molecule has 1 heterocycles. The number of nitrogens with one attached hydrogen (secondary N) is 1. The van der Waals surface area contributed by atoms with Gasteiger partial charge in [0.15, 0.2) is 0 Å². The summed E-state index contributed by atoms with van der Waals surface area (Å²) in [6.45, 7) is 2.02. The molecule has 1 atom stereocenters. The fourth-order valence-electron chi connectivity index (χ4n) is 2.27. The van der Waals surface area contributed by atoms with Gasteiger partial charge in [0.1, 0.15) is 5.82 Å². The second-order valence-electron chi connectivity index (χ2n) is 5.72. The molecule has 1 aromatic carbocycles. The van der Waals surface area contributed by atoms with Crippen LogP contribution in [0.1, 0.15) is 16.8 Å². The SMILES string of the molecule is Cc1ccc(CC(=O)NC[C@@H](Cc2ccc(F)cc2)C(N)=O)cn1. The van der Waals surface area contributed by atoms with Gasteiger partial charge >= 0.3 is 0 Å². The molecule has 2 aromatic rings. The highest BCUT2D eigenvalue weighted by Crippen LogP contribution is 2.10. The molecule has 24 heavy (non-hydrogen) atoms. The topological polar surface area (TPSA) is 85.1 Å². The fourth-order valence-corrected chi connectivity index (χ4v) is 2.27. The number of primary amides is 1. The van der Waals surface area contributed by atoms with E-state index in [0.29, 0.717) is 6.42 Å². The smallest absolute Gasteiger partial charge is 0.224 e. The molecule has 1 aromatic heterocycles. The summed E-state index contributed by atoms with van der Waals surface area (Å²) in [6.07, 6.45) is 2.19. The third kappa shape index (κ3) is 5.46. The van der Waals surface area contributed by atoms with E-state index >= 15 is 0 Å². The van der Waals surface area contributed by atoms with Gasteiger partial charge in [0.25, 0.3) is 0 Å². The van der Waals surface area contributed by atoms with Gasteiger partial charge < -0.3 is 11.1 Å². The first kappa shape index (κ1) is 17.6. The third-order valence-electron chi connectivity index (χ3n) is 3.68. The van der Waals surface area contributed by atoms with Crippen molar-refractivity contribution in [3.05, 3.63) is 65.2 Å². The first-order valence-corrected chi connectivity index (χ1v) is 7.66. The molecule has 6 heteroatoms. The van der Waals surface area contributed by atoms with Crippen LogP contribution in [0.15, 0.2) is 42.6 Å². The van der Waals surface area contributed by atoms with E-state index in [-0.39, 0.29) is 24.7 Å². The van der Waals surface area contributed by atoms with Crippen molar-refractivity contribution in [2.24, 2.45) is 11.7 Å². The molecule has 0 saturated heterocycles. The fraction of sp³-hybridized carbons (Fsp3) is 0.278. The summed E-state index contributed by atoms with van der Waals surface area (Å²) in [4.78, 5) is 27.7. The summed E-state index contributed by atoms with van der Waals surface area (Å²) < 4.78 is 12.9. The average Bonchev–Trinajstić information content (AvgIpc) is 2.55. The van der Waals surface area contributed by atoms with Crippen molar-refractivity contribution in [2.75, 3.05) is 6.54 Å². The first-order valence-electron chi connectivity index (χ1n) is 7.66. The Morgan fingerprint density at radius 1 is 1.17 bits per heavy atom. The lowest BCUT2D eigenvalue weighted by Crippen LogP contribution is -2.37. The molecule has 5 nitrogen and oxygen atoms in total. The van der Waals surface area contributed by atoms with Crippen molar-refractivity contribution in [1.82, 2.24) is 10.3 Å². The standard InChI is InChI=1S/C18H20FN3O2/c1-12-2-3-14(10-21-12)9-17(23)22-11-15(18(20)24)8-13-4-6-16(19)7-5-13/h2-7,10,15H,8-9,11H2,1H3,(H2,20,24)(H,22,23)/t15-/m1/s1. The van der Waals surface area contributed by atoms with Gasteiger partial charge in [-0.3, -0.25) is 14.6 Å². The zero-order chi connectivity index (χ0) is 17.5. The van der Waals surface area contributed by atoms with E-state index in [9.17, 15) is 14.0 Å². The molecule has 0 saturated carbocycles. The highest BCUT2D eigenvalue weighted by atomic mass is 19.1. The van der Waals surface area contributed by atoms with Gasteiger partial charge in [-0.25, -0.2) is 4.39 Å². The predicted octanol–water partition coefficient (Wildman–Crippen LogP) is 1.53. The summed E-state index contributed by atoms with van der Waals surface area (Å²) in [5, 5.41) is 2.72. The highest BCUT2D eigenvalue weighted by Gasteiger charge is 2.17. The Morgan fingerprint density at radius 2 is 1.83 bits per heavy atom. The lowest BCUT2D eigenvalue weighted by Gasteiger charge is -2.14. The van der Waals surface area contributed by atoms with Gasteiger partial charge in [-0.2, -0.15) is 0 Å². The minimum Gasteiger partial charge on any atom is -0.369 e. The number of benzene rings is 1. The van der Waals surface area contributed by atoms with E-state index in [2.05, 4.69) is 10.3 Å². The number of amides is 2. The highest BCUT2D eigenvalue weighted by molar-refractivity contribution is 5.81. The number of hydrogen-bond acceptors (Lipinski definition) is 3. The van der Waals surface area contributed by atoms with Gasteiger partial charge in [-0.15, -0.1) is 0 Å². The molecule has 3 N–H and O–H groups in total. The molecule has 0 radical (unpaired) electrons. The van der Waals surface area contributed by atoms with Crippen LogP contribution in [0.25, 0.3) is 0 Å². The molecular weight excluding hydrogens is 309 g/mol. The third-order valence-corrected chi connectivity index (χ3v) is 3.68. The molecule has 0 spiro atoms. The quantitative estimate of drug-likeness (QED) is 0.808. The number of aromatic nitrogens is 1. The Morgan fingerprint density at radius 3 is 2.42 bits per heavy atom. The summed E-state index contributed by atoms with van der Waals surface area (Å²) in [5.74, 6) is -1.59. The number of nitrogens with two attached hydrogens (primary N) is 1. The Bertz CT molecular complexity index is 699. The second-order valence-corrected chi connectivity index (χ2v) is 5.72. The van der Waals surface area contributed by atoms with Crippen LogP contribution in [-0.4, -0.2) is 23.3 Å². The summed E-state index contributed by atoms with van der Waals surface area (Å²) >= 11 is 0. The van der Waals surface area contributed by atoms with Gasteiger partial charge in [0.2, 0.25) is 11.8 Å². The summed E-state index contributed by atoms with van der Waals surface area (Å²) in [7, 11) is 0. The monoisotopic (exact) mass is 329 g/mol. The summed E-state index contributed by atoms with van der Waals surface area (Å²) in [5.41, 5.74) is 7.86. The number of hydrogen-bond donors (Lipinski definition) is 2. The molecule has 0 bridgehead atoms. The van der Waals surface area contributed by atoms with E-state index in [0.717, 1.165) is 16.8 Å². The lowest BCUT2D eigenvalue weighted by atomic mass is 9.98. The number of carbonyl (C=O) groups is 2. The molecule has 126 valence electrons. The Kier molecular flexibility index (Phi) is 6.01. The number of pyridine rings is 1. The molecule has 0 aliphatic rings. The zero-order valence-electron chi connectivity index (χ0n) is 13.5. The Hall–Kier alpha value is -2.76. The van der Waals surface area contributed by atoms with Crippen molar-refractivity contribution in [3.8, 4) is 0 Å². The molecule has 2 amide bonds. The average molecular weight is 329 g/mol. The van der Waals surface area contributed by atoms with Gasteiger partial charge in [-0.05, 0) is 42.7 Å². The van der Waals surface area contributed by atoms with Gasteiger partial charge in [0.05, 0.1) is 12.3 Å². The van der Waals surface area contributed by atoms with Crippen LogP contribution in [0, 0.1) is 18.7 Å². The van der Waals surface area contributed by atoms with E-state index in [1.54, 1.807) is 18.3 Å². The number of rotatable bonds is 7. The normalized spacial score (nSPS) is 11.8. The van der Waals surface area contributed by atoms with E-state index in [4.69, 9.17) is 5.73 Å². The molecule has 2 rings (SSSR count). The van der Waals surface area contributed by atoms with Crippen molar-refractivity contribution in [1.29, 1.82) is 0 Å². The molecule has 0 aliphatic heterocycles. The Balaban J connectivity index is 1.88. The predicted molar refractivity (Wildman–Crippen MR) is 88.5 cm³/mol.